The van der Waals surface area contributed by atoms with Crippen molar-refractivity contribution in [2.75, 3.05) is 28.4 Å². The third-order valence-electron chi connectivity index (χ3n) is 4.00. The Bertz CT molecular complexity index is 1040. The van der Waals surface area contributed by atoms with Crippen molar-refractivity contribution in [3.05, 3.63) is 46.7 Å². The number of nitrogens with one attached hydrogen (secondary N) is 1. The number of ether oxygens (including phenoxy) is 4. The van der Waals surface area contributed by atoms with Gasteiger partial charge in [0.2, 0.25) is 4.77 Å². The summed E-state index contributed by atoms with van der Waals surface area (Å²) in [6, 6.07) is 10.9. The Morgan fingerprint density at radius 1 is 0.929 bits per heavy atom. The topological polar surface area (TPSA) is 82.9 Å². The first-order chi connectivity index (χ1) is 13.6. The van der Waals surface area contributed by atoms with E-state index in [4.69, 9.17) is 31.2 Å². The minimum absolute atomic E-state index is 0.346. The van der Waals surface area contributed by atoms with E-state index >= 15 is 0 Å². The lowest BCUT2D eigenvalue weighted by atomic mass is 10.2. The fraction of sp³-hybridized carbons (Fsp3) is 0.211. The van der Waals surface area contributed by atoms with E-state index in [0.29, 0.717) is 33.6 Å². The zero-order chi connectivity index (χ0) is 20.1. The minimum Gasteiger partial charge on any atom is -0.497 e. The van der Waals surface area contributed by atoms with Crippen molar-refractivity contribution >= 4 is 18.4 Å². The molecule has 0 aliphatic rings. The molecule has 0 aliphatic heterocycles. The smallest absolute Gasteiger partial charge is 0.216 e. The van der Waals surface area contributed by atoms with Gasteiger partial charge in [-0.15, -0.1) is 0 Å². The molecule has 0 fully saturated rings. The summed E-state index contributed by atoms with van der Waals surface area (Å²) in [7, 11) is 6.36. The Morgan fingerprint density at radius 2 is 1.61 bits per heavy atom. The first-order valence-electron chi connectivity index (χ1n) is 8.26. The number of methoxy groups -OCH3 is 4. The van der Waals surface area contributed by atoms with Crippen LogP contribution in [0.5, 0.6) is 23.0 Å². The van der Waals surface area contributed by atoms with E-state index in [1.165, 1.54) is 4.68 Å². The summed E-state index contributed by atoms with van der Waals surface area (Å²) in [6.45, 7) is 0. The normalized spacial score (nSPS) is 10.9. The zero-order valence-corrected chi connectivity index (χ0v) is 16.7. The Kier molecular flexibility index (Phi) is 5.95. The number of benzene rings is 2. The number of H-pyrrole nitrogens is 1. The maximum absolute atomic E-state index is 5.46. The minimum atomic E-state index is 0.346. The molecule has 3 aromatic rings. The summed E-state index contributed by atoms with van der Waals surface area (Å²) in [5.41, 5.74) is 1.50. The molecule has 2 aromatic carbocycles. The molecule has 3 rings (SSSR count). The maximum Gasteiger partial charge on any atom is 0.216 e. The van der Waals surface area contributed by atoms with Gasteiger partial charge in [-0.25, -0.2) is 5.10 Å². The van der Waals surface area contributed by atoms with Crippen LogP contribution in [0.25, 0.3) is 11.4 Å². The van der Waals surface area contributed by atoms with Crippen molar-refractivity contribution in [1.29, 1.82) is 0 Å². The average Bonchev–Trinajstić information content (AvgIpc) is 3.11. The van der Waals surface area contributed by atoms with Gasteiger partial charge in [0.15, 0.2) is 5.82 Å². The van der Waals surface area contributed by atoms with Crippen LogP contribution in [0, 0.1) is 4.77 Å². The highest BCUT2D eigenvalue weighted by molar-refractivity contribution is 7.71. The quantitative estimate of drug-likeness (QED) is 0.483. The number of aromatic amines is 1. The molecule has 1 N–H and O–H groups in total. The van der Waals surface area contributed by atoms with Crippen molar-refractivity contribution in [2.24, 2.45) is 5.10 Å². The summed E-state index contributed by atoms with van der Waals surface area (Å²) < 4.78 is 23.1. The molecule has 146 valence electrons. The van der Waals surface area contributed by atoms with E-state index in [0.717, 1.165) is 11.1 Å². The molecule has 0 saturated carbocycles. The molecule has 0 atom stereocenters. The molecule has 0 radical (unpaired) electrons. The van der Waals surface area contributed by atoms with Crippen molar-refractivity contribution in [2.45, 2.75) is 0 Å². The predicted molar refractivity (Wildman–Crippen MR) is 108 cm³/mol. The first kappa shape index (κ1) is 19.4. The average molecular weight is 400 g/mol. The molecular formula is C19H20N4O4S. The summed E-state index contributed by atoms with van der Waals surface area (Å²) in [6.07, 6.45) is 1.65. The maximum atomic E-state index is 5.46. The van der Waals surface area contributed by atoms with Crippen LogP contribution >= 0.6 is 12.2 Å². The van der Waals surface area contributed by atoms with Crippen LogP contribution in [-0.4, -0.2) is 49.5 Å². The van der Waals surface area contributed by atoms with E-state index in [1.807, 2.05) is 24.3 Å². The third-order valence-corrected chi connectivity index (χ3v) is 4.26. The molecule has 9 heteroatoms. The van der Waals surface area contributed by atoms with Gasteiger partial charge in [-0.05, 0) is 36.5 Å². The van der Waals surface area contributed by atoms with Gasteiger partial charge in [-0.3, -0.25) is 0 Å². The Hall–Kier alpha value is -3.33. The van der Waals surface area contributed by atoms with E-state index < -0.39 is 0 Å². The van der Waals surface area contributed by atoms with Gasteiger partial charge < -0.3 is 18.9 Å². The van der Waals surface area contributed by atoms with Gasteiger partial charge in [0.1, 0.15) is 23.0 Å². The number of rotatable bonds is 7. The lowest BCUT2D eigenvalue weighted by Crippen LogP contribution is -1.98. The van der Waals surface area contributed by atoms with Crippen LogP contribution < -0.4 is 18.9 Å². The largest absolute Gasteiger partial charge is 0.497 e. The molecule has 0 bridgehead atoms. The lowest BCUT2D eigenvalue weighted by Gasteiger charge is -2.09. The van der Waals surface area contributed by atoms with E-state index in [1.54, 1.807) is 46.8 Å². The number of aromatic nitrogens is 3. The van der Waals surface area contributed by atoms with Crippen LogP contribution in [-0.2, 0) is 0 Å². The molecule has 0 aliphatic carbocycles. The molecule has 0 spiro atoms. The highest BCUT2D eigenvalue weighted by Crippen LogP contribution is 2.32. The van der Waals surface area contributed by atoms with Gasteiger partial charge in [0.25, 0.3) is 0 Å². The first-order valence-corrected chi connectivity index (χ1v) is 8.67. The van der Waals surface area contributed by atoms with Crippen LogP contribution in [0.4, 0.5) is 0 Å². The molecule has 8 nitrogen and oxygen atoms in total. The van der Waals surface area contributed by atoms with Crippen LogP contribution in [0.3, 0.4) is 0 Å². The van der Waals surface area contributed by atoms with Crippen LogP contribution in [0.1, 0.15) is 5.56 Å². The summed E-state index contributed by atoms with van der Waals surface area (Å²) in [4.78, 5) is 0. The van der Waals surface area contributed by atoms with Crippen molar-refractivity contribution in [3.63, 3.8) is 0 Å². The van der Waals surface area contributed by atoms with E-state index in [9.17, 15) is 0 Å². The van der Waals surface area contributed by atoms with Gasteiger partial charge in [-0.2, -0.15) is 14.9 Å². The van der Waals surface area contributed by atoms with Crippen molar-refractivity contribution in [3.8, 4) is 34.4 Å². The molecule has 0 amide bonds. The molecule has 28 heavy (non-hydrogen) atoms. The monoisotopic (exact) mass is 400 g/mol. The molecule has 1 heterocycles. The van der Waals surface area contributed by atoms with E-state index in [-0.39, 0.29) is 0 Å². The number of hydrogen-bond donors (Lipinski definition) is 1. The molecule has 0 unspecified atom stereocenters. The van der Waals surface area contributed by atoms with Gasteiger partial charge in [0.05, 0.1) is 40.2 Å². The number of nitrogens with zero attached hydrogens (tertiary/aromatic N) is 3. The van der Waals surface area contributed by atoms with Crippen LogP contribution in [0.15, 0.2) is 41.5 Å². The molecule has 0 saturated heterocycles. The summed E-state index contributed by atoms with van der Waals surface area (Å²) >= 11 is 5.33. The van der Waals surface area contributed by atoms with Crippen molar-refractivity contribution < 1.29 is 18.9 Å². The van der Waals surface area contributed by atoms with Crippen molar-refractivity contribution in [1.82, 2.24) is 14.9 Å². The zero-order valence-electron chi connectivity index (χ0n) is 15.9. The fourth-order valence-electron chi connectivity index (χ4n) is 2.58. The second-order valence-electron chi connectivity index (χ2n) is 5.62. The van der Waals surface area contributed by atoms with Gasteiger partial charge >= 0.3 is 0 Å². The SMILES string of the molecule is COc1cc(/C=N\n2c(-c3ccc(OC)cc3OC)n[nH]c2=S)cc(OC)c1. The fourth-order valence-corrected chi connectivity index (χ4v) is 2.76. The standard InChI is InChI=1S/C19H20N4O4S/c1-24-13-5-6-16(17(10-13)27-4)18-21-22-19(28)23(18)20-11-12-7-14(25-2)9-15(8-12)26-3/h5-11H,1-4H3,(H,22,28)/b20-11-. The van der Waals surface area contributed by atoms with Gasteiger partial charge in [-0.1, -0.05) is 0 Å². The predicted octanol–water partition coefficient (Wildman–Crippen LogP) is 3.52. The molecule has 1 aromatic heterocycles. The Balaban J connectivity index is 2.03. The third kappa shape index (κ3) is 3.99. The van der Waals surface area contributed by atoms with Crippen LogP contribution in [0.2, 0.25) is 0 Å². The summed E-state index contributed by atoms with van der Waals surface area (Å²) in [5, 5.41) is 11.5. The second kappa shape index (κ2) is 8.57. The highest BCUT2D eigenvalue weighted by Gasteiger charge is 2.14. The second-order valence-corrected chi connectivity index (χ2v) is 6.01. The lowest BCUT2D eigenvalue weighted by molar-refractivity contribution is 0.394. The Labute approximate surface area is 167 Å². The van der Waals surface area contributed by atoms with Gasteiger partial charge in [0, 0.05) is 17.7 Å². The number of hydrogen-bond acceptors (Lipinski definition) is 7. The molecular weight excluding hydrogens is 380 g/mol. The van der Waals surface area contributed by atoms with E-state index in [2.05, 4.69) is 15.3 Å². The highest BCUT2D eigenvalue weighted by atomic mass is 32.1. The Morgan fingerprint density at radius 3 is 2.21 bits per heavy atom. The summed E-state index contributed by atoms with van der Waals surface area (Å²) in [5.74, 6) is 3.10.